The topological polar surface area (TPSA) is 130 Å². The molecule has 10 nitrogen and oxygen atoms in total. The molecule has 3 aromatic carbocycles. The molecule has 212 valence electrons. The van der Waals surface area contributed by atoms with Crippen LogP contribution < -0.4 is 9.62 Å². The lowest BCUT2D eigenvalue weighted by Gasteiger charge is -2.33. The van der Waals surface area contributed by atoms with E-state index < -0.39 is 39.3 Å². The molecule has 0 bridgehead atoms. The van der Waals surface area contributed by atoms with Gasteiger partial charge >= 0.3 is 0 Å². The van der Waals surface area contributed by atoms with E-state index in [1.165, 1.54) is 30.1 Å². The summed E-state index contributed by atoms with van der Waals surface area (Å²) >= 11 is 12.5. The van der Waals surface area contributed by atoms with E-state index >= 15 is 0 Å². The summed E-state index contributed by atoms with van der Waals surface area (Å²) in [6, 6.07) is 16.5. The van der Waals surface area contributed by atoms with E-state index in [4.69, 9.17) is 23.2 Å². The first kappa shape index (κ1) is 30.9. The predicted octanol–water partition coefficient (Wildman–Crippen LogP) is 4.36. The normalized spacial score (nSPS) is 11.9. The fraction of sp³-hybridized carbons (Fsp3) is 0.259. The molecule has 0 aromatic heterocycles. The van der Waals surface area contributed by atoms with Crippen LogP contribution in [0.2, 0.25) is 10.0 Å². The molecular weight excluding hydrogens is 579 g/mol. The van der Waals surface area contributed by atoms with Crippen LogP contribution >= 0.6 is 23.2 Å². The maximum Gasteiger partial charge on any atom is 0.271 e. The van der Waals surface area contributed by atoms with Crippen LogP contribution in [0, 0.1) is 17.0 Å². The lowest BCUT2D eigenvalue weighted by Crippen LogP contribution is -2.53. The van der Waals surface area contributed by atoms with Crippen molar-refractivity contribution in [3.05, 3.63) is 104 Å². The molecule has 1 atom stereocenters. The number of nitrogens with zero attached hydrogens (tertiary/aromatic N) is 3. The second-order valence-corrected chi connectivity index (χ2v) is 11.8. The lowest BCUT2D eigenvalue weighted by molar-refractivity contribution is -0.384. The zero-order valence-electron chi connectivity index (χ0n) is 22.0. The zero-order chi connectivity index (χ0) is 29.6. The number of hydrogen-bond donors (Lipinski definition) is 1. The van der Waals surface area contributed by atoms with Crippen molar-refractivity contribution in [1.29, 1.82) is 0 Å². The van der Waals surface area contributed by atoms with Crippen LogP contribution in [0.3, 0.4) is 0 Å². The Balaban J connectivity index is 2.10. The van der Waals surface area contributed by atoms with Crippen molar-refractivity contribution in [1.82, 2.24) is 10.2 Å². The van der Waals surface area contributed by atoms with Crippen molar-refractivity contribution in [3.8, 4) is 0 Å². The minimum absolute atomic E-state index is 0.0194. The van der Waals surface area contributed by atoms with Gasteiger partial charge in [0.2, 0.25) is 21.8 Å². The minimum atomic E-state index is -4.09. The third kappa shape index (κ3) is 7.71. The number of carbonyl (C=O) groups is 2. The van der Waals surface area contributed by atoms with Crippen LogP contribution in [0.15, 0.2) is 66.7 Å². The van der Waals surface area contributed by atoms with Gasteiger partial charge in [-0.1, -0.05) is 65.7 Å². The maximum atomic E-state index is 14.0. The van der Waals surface area contributed by atoms with E-state index in [1.54, 1.807) is 31.2 Å². The molecule has 0 saturated heterocycles. The highest BCUT2D eigenvalue weighted by atomic mass is 35.5. The number of nitro benzene ring substituents is 1. The summed E-state index contributed by atoms with van der Waals surface area (Å²) in [6.45, 7) is 0.731. The molecule has 40 heavy (non-hydrogen) atoms. The number of amides is 2. The third-order valence-corrected chi connectivity index (χ3v) is 7.94. The van der Waals surface area contributed by atoms with Gasteiger partial charge in [0, 0.05) is 42.2 Å². The summed E-state index contributed by atoms with van der Waals surface area (Å²) in [7, 11) is -2.65. The molecule has 0 aliphatic rings. The van der Waals surface area contributed by atoms with Crippen LogP contribution in [0.4, 0.5) is 11.4 Å². The molecule has 1 unspecified atom stereocenters. The van der Waals surface area contributed by atoms with E-state index in [0.717, 1.165) is 22.2 Å². The zero-order valence-corrected chi connectivity index (χ0v) is 24.3. The number of aryl methyl sites for hydroxylation is 1. The Labute approximate surface area is 242 Å². The average molecular weight is 608 g/mol. The summed E-state index contributed by atoms with van der Waals surface area (Å²) < 4.78 is 26.6. The molecule has 3 rings (SSSR count). The van der Waals surface area contributed by atoms with E-state index in [9.17, 15) is 28.1 Å². The number of likely N-dealkylation sites (N-methyl/N-ethyl adjacent to an activating group) is 1. The molecule has 0 saturated carbocycles. The van der Waals surface area contributed by atoms with Gasteiger partial charge < -0.3 is 10.2 Å². The maximum absolute atomic E-state index is 14.0. The number of nitrogens with one attached hydrogen (secondary N) is 1. The molecule has 0 spiro atoms. The number of sulfonamides is 1. The van der Waals surface area contributed by atoms with Crippen molar-refractivity contribution >= 4 is 56.4 Å². The fourth-order valence-electron chi connectivity index (χ4n) is 4.13. The Morgan fingerprint density at radius 1 is 1.05 bits per heavy atom. The first-order chi connectivity index (χ1) is 18.8. The number of carbonyl (C=O) groups excluding carboxylic acids is 2. The molecule has 13 heteroatoms. The SMILES string of the molecule is CNC(=O)C(Cc1ccccc1)N(Cc1ccc(Cl)cc1Cl)C(=O)CN(c1cc([N+](=O)[O-])ccc1C)S(C)(=O)=O. The molecule has 2 amide bonds. The minimum Gasteiger partial charge on any atom is -0.357 e. The summed E-state index contributed by atoms with van der Waals surface area (Å²) in [6.07, 6.45) is 1.03. The summed E-state index contributed by atoms with van der Waals surface area (Å²) in [5, 5.41) is 14.6. The standard InChI is InChI=1S/C27H28Cl2N4O6S/c1-18-9-12-22(33(36)37)15-24(18)32(40(3,38)39)17-26(34)31(16-20-10-11-21(28)14-23(20)29)25(27(35)30-2)13-19-7-5-4-6-8-19/h4-12,14-15,25H,13,16-17H2,1-3H3,(H,30,35). The highest BCUT2D eigenvalue weighted by Crippen LogP contribution is 2.29. The highest BCUT2D eigenvalue weighted by molar-refractivity contribution is 7.92. The number of benzene rings is 3. The highest BCUT2D eigenvalue weighted by Gasteiger charge is 2.33. The number of halogens is 2. The van der Waals surface area contributed by atoms with Gasteiger partial charge in [-0.2, -0.15) is 0 Å². The van der Waals surface area contributed by atoms with E-state index in [1.807, 2.05) is 18.2 Å². The fourth-order valence-corrected chi connectivity index (χ4v) is 5.50. The van der Waals surface area contributed by atoms with Gasteiger partial charge in [0.15, 0.2) is 0 Å². The van der Waals surface area contributed by atoms with Crippen molar-refractivity contribution in [2.45, 2.75) is 25.9 Å². The molecule has 0 aliphatic carbocycles. The monoisotopic (exact) mass is 606 g/mol. The average Bonchev–Trinajstić information content (AvgIpc) is 2.90. The number of anilines is 1. The van der Waals surface area contributed by atoms with E-state index in [0.29, 0.717) is 16.1 Å². The van der Waals surface area contributed by atoms with Crippen molar-refractivity contribution in [3.63, 3.8) is 0 Å². The van der Waals surface area contributed by atoms with Crippen LogP contribution in [0.5, 0.6) is 0 Å². The van der Waals surface area contributed by atoms with E-state index in [2.05, 4.69) is 5.32 Å². The number of hydrogen-bond acceptors (Lipinski definition) is 6. The Kier molecular flexibility index (Phi) is 10.1. The lowest BCUT2D eigenvalue weighted by atomic mass is 10.0. The van der Waals surface area contributed by atoms with Crippen LogP contribution in [-0.4, -0.2) is 55.9 Å². The van der Waals surface area contributed by atoms with Crippen molar-refractivity contribution in [2.24, 2.45) is 0 Å². The molecule has 0 heterocycles. The summed E-state index contributed by atoms with van der Waals surface area (Å²) in [5.74, 6) is -1.19. The van der Waals surface area contributed by atoms with Gasteiger partial charge in [0.25, 0.3) is 5.69 Å². The quantitative estimate of drug-likeness (QED) is 0.255. The molecule has 1 N–H and O–H groups in total. The Morgan fingerprint density at radius 3 is 2.30 bits per heavy atom. The third-order valence-electron chi connectivity index (χ3n) is 6.22. The molecule has 0 aliphatic heterocycles. The first-order valence-corrected chi connectivity index (χ1v) is 14.6. The van der Waals surface area contributed by atoms with Gasteiger partial charge in [0.1, 0.15) is 12.6 Å². The Bertz CT molecular complexity index is 1520. The van der Waals surface area contributed by atoms with Crippen molar-refractivity contribution in [2.75, 3.05) is 24.2 Å². The van der Waals surface area contributed by atoms with E-state index in [-0.39, 0.29) is 29.4 Å². The number of nitro groups is 1. The molecule has 0 radical (unpaired) electrons. The predicted molar refractivity (Wildman–Crippen MR) is 155 cm³/mol. The molecular formula is C27H28Cl2N4O6S. The Hall–Kier alpha value is -3.67. The molecule has 3 aromatic rings. The second kappa shape index (κ2) is 13.1. The summed E-state index contributed by atoms with van der Waals surface area (Å²) in [5.41, 5.74) is 1.31. The van der Waals surface area contributed by atoms with Gasteiger partial charge in [-0.25, -0.2) is 8.42 Å². The number of rotatable bonds is 11. The second-order valence-electron chi connectivity index (χ2n) is 9.07. The molecule has 0 fully saturated rings. The summed E-state index contributed by atoms with van der Waals surface area (Å²) in [4.78, 5) is 39.1. The Morgan fingerprint density at radius 2 is 1.73 bits per heavy atom. The van der Waals surface area contributed by atoms with Gasteiger partial charge in [0.05, 0.1) is 16.9 Å². The van der Waals surface area contributed by atoms with Gasteiger partial charge in [-0.3, -0.25) is 24.0 Å². The smallest absolute Gasteiger partial charge is 0.271 e. The first-order valence-electron chi connectivity index (χ1n) is 12.0. The number of non-ortho nitro benzene ring substituents is 1. The van der Waals surface area contributed by atoms with Gasteiger partial charge in [-0.05, 0) is 35.7 Å². The van der Waals surface area contributed by atoms with Crippen LogP contribution in [0.25, 0.3) is 0 Å². The van der Waals surface area contributed by atoms with Crippen LogP contribution in [-0.2, 0) is 32.6 Å². The van der Waals surface area contributed by atoms with Crippen molar-refractivity contribution < 1.29 is 22.9 Å². The van der Waals surface area contributed by atoms with Crippen LogP contribution in [0.1, 0.15) is 16.7 Å². The largest absolute Gasteiger partial charge is 0.357 e. The van der Waals surface area contributed by atoms with Gasteiger partial charge in [-0.15, -0.1) is 0 Å².